The Morgan fingerprint density at radius 1 is 1.07 bits per heavy atom. The van der Waals surface area contributed by atoms with Gasteiger partial charge in [0.1, 0.15) is 5.76 Å². The summed E-state index contributed by atoms with van der Waals surface area (Å²) in [6.45, 7) is 2.27. The smallest absolute Gasteiger partial charge is 0.301 e. The van der Waals surface area contributed by atoms with E-state index < -0.39 is 17.7 Å². The molecule has 0 aliphatic carbocycles. The van der Waals surface area contributed by atoms with Gasteiger partial charge in [0.15, 0.2) is 15.8 Å². The number of hydrogen-bond acceptors (Lipinski definition) is 10. The van der Waals surface area contributed by atoms with Crippen molar-refractivity contribution in [2.75, 3.05) is 18.6 Å². The van der Waals surface area contributed by atoms with Crippen LogP contribution in [0.4, 0.5) is 5.13 Å². The Bertz CT molecular complexity index is 1650. The molecule has 0 radical (unpaired) electrons. The van der Waals surface area contributed by atoms with E-state index in [1.54, 1.807) is 42.5 Å². The quantitative estimate of drug-likeness (QED) is 0.0722. The molecule has 2 aromatic carbocycles. The van der Waals surface area contributed by atoms with E-state index in [0.717, 1.165) is 16.9 Å². The van der Waals surface area contributed by atoms with Crippen molar-refractivity contribution in [2.45, 2.75) is 23.1 Å². The van der Waals surface area contributed by atoms with Gasteiger partial charge in [-0.05, 0) is 54.4 Å². The van der Waals surface area contributed by atoms with Crippen molar-refractivity contribution < 1.29 is 24.2 Å². The minimum Gasteiger partial charge on any atom is -0.507 e. The summed E-state index contributed by atoms with van der Waals surface area (Å²) in [6, 6.07) is 12.4. The van der Waals surface area contributed by atoms with E-state index in [1.807, 2.05) is 13.0 Å². The lowest BCUT2D eigenvalue weighted by molar-refractivity contribution is -0.132. The normalized spacial score (nSPS) is 16.3. The number of methoxy groups -OCH3 is 1. The van der Waals surface area contributed by atoms with E-state index in [-0.39, 0.29) is 16.5 Å². The molecule has 41 heavy (non-hydrogen) atoms. The van der Waals surface area contributed by atoms with Crippen molar-refractivity contribution in [3.63, 3.8) is 0 Å². The first-order valence-electron chi connectivity index (χ1n) is 12.2. The number of aliphatic hydroxyl groups excluding tert-OH is 1. The summed E-state index contributed by atoms with van der Waals surface area (Å²) in [5.41, 5.74) is 1.62. The number of ether oxygens (including phenoxy) is 2. The first kappa shape index (κ1) is 28.9. The number of thioether (sulfide) groups is 1. The van der Waals surface area contributed by atoms with Gasteiger partial charge in [0.05, 0.1) is 25.3 Å². The third-order valence-corrected chi connectivity index (χ3v) is 8.86. The number of hydrogen-bond donors (Lipinski definition) is 1. The molecule has 5 rings (SSSR count). The molecule has 2 aromatic heterocycles. The maximum absolute atomic E-state index is 13.5. The third-order valence-electron chi connectivity index (χ3n) is 6.17. The first-order chi connectivity index (χ1) is 19.8. The Balaban J connectivity index is 1.56. The van der Waals surface area contributed by atoms with Gasteiger partial charge in [0.25, 0.3) is 5.78 Å². The summed E-state index contributed by atoms with van der Waals surface area (Å²) in [4.78, 5) is 32.1. The Morgan fingerprint density at radius 3 is 2.56 bits per heavy atom. The maximum Gasteiger partial charge on any atom is 0.301 e. The van der Waals surface area contributed by atoms with Gasteiger partial charge >= 0.3 is 5.91 Å². The largest absolute Gasteiger partial charge is 0.507 e. The standard InChI is InChI=1S/C28H22Cl2N4O5S2/c1-3-39-20-7-5-16(12-21(20)38-2)23-22(24(35)15-8-10-31-11-9-15)25(36)26(37)34(23)27-32-33-28(41-27)40-14-17-4-6-18(29)13-19(17)30/h4-13,23,35H,3,14H2,1-2H3. The second kappa shape index (κ2) is 12.5. The van der Waals surface area contributed by atoms with E-state index in [4.69, 9.17) is 32.7 Å². The van der Waals surface area contributed by atoms with Crippen LogP contribution in [0.15, 0.2) is 70.8 Å². The molecule has 1 unspecified atom stereocenters. The number of pyridine rings is 1. The number of nitrogens with zero attached hydrogens (tertiary/aromatic N) is 4. The lowest BCUT2D eigenvalue weighted by Gasteiger charge is -2.23. The van der Waals surface area contributed by atoms with E-state index in [0.29, 0.717) is 49.4 Å². The Kier molecular flexibility index (Phi) is 8.79. The molecule has 1 N–H and O–H groups in total. The molecule has 1 aliphatic heterocycles. The van der Waals surface area contributed by atoms with Crippen molar-refractivity contribution in [3.05, 3.63) is 93.2 Å². The Hall–Kier alpha value is -3.64. The molecule has 1 atom stereocenters. The second-order valence-corrected chi connectivity index (χ2v) is 11.6. The van der Waals surface area contributed by atoms with Gasteiger partial charge in [-0.1, -0.05) is 58.4 Å². The highest BCUT2D eigenvalue weighted by molar-refractivity contribution is 8.00. The number of Topliss-reactive ketones (excluding diaryl/α,β-unsaturated/α-hetero) is 1. The molecule has 0 bridgehead atoms. The van der Waals surface area contributed by atoms with Gasteiger partial charge < -0.3 is 14.6 Å². The molecular formula is C28H22Cl2N4O5S2. The summed E-state index contributed by atoms with van der Waals surface area (Å²) in [5, 5.41) is 21.0. The van der Waals surface area contributed by atoms with Crippen LogP contribution in [-0.4, -0.2) is 45.7 Å². The predicted molar refractivity (Wildman–Crippen MR) is 159 cm³/mol. The fourth-order valence-corrected chi connectivity index (χ4v) is 6.70. The average molecular weight is 630 g/mol. The monoisotopic (exact) mass is 628 g/mol. The SMILES string of the molecule is CCOc1ccc(C2C(=C(O)c3ccncc3)C(=O)C(=O)N2c2nnc(SCc3ccc(Cl)cc3Cl)s2)cc1OC. The number of anilines is 1. The fourth-order valence-electron chi connectivity index (χ4n) is 4.28. The lowest BCUT2D eigenvalue weighted by atomic mass is 9.95. The van der Waals surface area contributed by atoms with Crippen LogP contribution >= 0.6 is 46.3 Å². The van der Waals surface area contributed by atoms with Gasteiger partial charge in [-0.15, -0.1) is 10.2 Å². The molecule has 0 saturated carbocycles. The minimum absolute atomic E-state index is 0.0928. The van der Waals surface area contributed by atoms with Crippen molar-refractivity contribution in [1.29, 1.82) is 0 Å². The number of benzene rings is 2. The van der Waals surface area contributed by atoms with Crippen molar-refractivity contribution in [2.24, 2.45) is 0 Å². The van der Waals surface area contributed by atoms with Gasteiger partial charge in [-0.2, -0.15) is 0 Å². The summed E-state index contributed by atoms with van der Waals surface area (Å²) in [5.74, 6) is -0.623. The number of halogens is 2. The van der Waals surface area contributed by atoms with Gasteiger partial charge in [-0.25, -0.2) is 0 Å². The van der Waals surface area contributed by atoms with Crippen LogP contribution in [0.1, 0.15) is 29.7 Å². The molecule has 9 nitrogen and oxygen atoms in total. The highest BCUT2D eigenvalue weighted by Crippen LogP contribution is 2.45. The number of aromatic nitrogens is 3. The molecular weight excluding hydrogens is 607 g/mol. The number of carbonyl (C=O) groups excluding carboxylic acids is 2. The Morgan fingerprint density at radius 2 is 1.85 bits per heavy atom. The fraction of sp³-hybridized carbons (Fsp3) is 0.179. The predicted octanol–water partition coefficient (Wildman–Crippen LogP) is 6.57. The van der Waals surface area contributed by atoms with Crippen LogP contribution in [0.3, 0.4) is 0 Å². The second-order valence-electron chi connectivity index (χ2n) is 8.62. The van der Waals surface area contributed by atoms with E-state index in [9.17, 15) is 14.7 Å². The van der Waals surface area contributed by atoms with Crippen molar-refractivity contribution in [3.8, 4) is 11.5 Å². The number of aliphatic hydroxyl groups is 1. The molecule has 1 fully saturated rings. The molecule has 1 amide bonds. The van der Waals surface area contributed by atoms with E-state index >= 15 is 0 Å². The topological polar surface area (TPSA) is 115 Å². The number of ketones is 1. The first-order valence-corrected chi connectivity index (χ1v) is 14.8. The van der Waals surface area contributed by atoms with Gasteiger partial charge in [-0.3, -0.25) is 19.5 Å². The van der Waals surface area contributed by atoms with Crippen molar-refractivity contribution in [1.82, 2.24) is 15.2 Å². The van der Waals surface area contributed by atoms with Gasteiger partial charge in [0, 0.05) is 33.8 Å². The summed E-state index contributed by atoms with van der Waals surface area (Å²) in [7, 11) is 1.50. The average Bonchev–Trinajstić information content (AvgIpc) is 3.55. The number of carbonyl (C=O) groups is 2. The highest BCUT2D eigenvalue weighted by Gasteiger charge is 2.48. The summed E-state index contributed by atoms with van der Waals surface area (Å²) in [6.07, 6.45) is 2.97. The molecule has 4 aromatic rings. The number of rotatable bonds is 9. The third kappa shape index (κ3) is 5.89. The number of amides is 1. The van der Waals surface area contributed by atoms with Gasteiger partial charge in [0.2, 0.25) is 5.13 Å². The summed E-state index contributed by atoms with van der Waals surface area (Å²) >= 11 is 14.8. The van der Waals surface area contributed by atoms with Crippen LogP contribution in [-0.2, 0) is 15.3 Å². The molecule has 210 valence electrons. The van der Waals surface area contributed by atoms with Crippen LogP contribution in [0.5, 0.6) is 11.5 Å². The van der Waals surface area contributed by atoms with Crippen molar-refractivity contribution >= 4 is 68.9 Å². The zero-order chi connectivity index (χ0) is 29.1. The molecule has 0 spiro atoms. The molecule has 1 saturated heterocycles. The van der Waals surface area contributed by atoms with Crippen LogP contribution < -0.4 is 14.4 Å². The molecule has 3 heterocycles. The summed E-state index contributed by atoms with van der Waals surface area (Å²) < 4.78 is 11.7. The molecule has 13 heteroatoms. The van der Waals surface area contributed by atoms with Crippen LogP contribution in [0, 0.1) is 0 Å². The highest BCUT2D eigenvalue weighted by atomic mass is 35.5. The zero-order valence-corrected chi connectivity index (χ0v) is 24.9. The molecule has 1 aliphatic rings. The zero-order valence-electron chi connectivity index (χ0n) is 21.7. The maximum atomic E-state index is 13.5. The lowest BCUT2D eigenvalue weighted by Crippen LogP contribution is -2.29. The van der Waals surface area contributed by atoms with Crippen LogP contribution in [0.2, 0.25) is 10.0 Å². The van der Waals surface area contributed by atoms with E-state index in [2.05, 4.69) is 15.2 Å². The van der Waals surface area contributed by atoms with E-state index in [1.165, 1.54) is 36.2 Å². The Labute approximate surface area is 253 Å². The minimum atomic E-state index is -1.01. The van der Waals surface area contributed by atoms with Crippen LogP contribution in [0.25, 0.3) is 5.76 Å².